The highest BCUT2D eigenvalue weighted by molar-refractivity contribution is 7.11. The molecule has 2 heterocycles. The van der Waals surface area contributed by atoms with Crippen molar-refractivity contribution in [3.8, 4) is 0 Å². The lowest BCUT2D eigenvalue weighted by Crippen LogP contribution is -2.36. The minimum Gasteiger partial charge on any atom is -0.391 e. The van der Waals surface area contributed by atoms with E-state index in [2.05, 4.69) is 48.2 Å². The molecule has 0 unspecified atom stereocenters. The summed E-state index contributed by atoms with van der Waals surface area (Å²) in [6, 6.07) is 15.1. The van der Waals surface area contributed by atoms with Gasteiger partial charge in [-0.25, -0.2) is 0 Å². The summed E-state index contributed by atoms with van der Waals surface area (Å²) in [5.74, 6) is 0. The number of aryl methyl sites for hydroxylation is 1. The molecule has 20 heavy (non-hydrogen) atoms. The van der Waals surface area contributed by atoms with E-state index < -0.39 is 0 Å². The first-order valence-corrected chi connectivity index (χ1v) is 8.05. The van der Waals surface area contributed by atoms with E-state index in [4.69, 9.17) is 0 Å². The van der Waals surface area contributed by atoms with Gasteiger partial charge in [-0.1, -0.05) is 30.3 Å². The molecular weight excluding hydrogens is 266 g/mol. The molecule has 1 aromatic carbocycles. The van der Waals surface area contributed by atoms with Gasteiger partial charge in [-0.15, -0.1) is 11.3 Å². The predicted molar refractivity (Wildman–Crippen MR) is 84.0 cm³/mol. The van der Waals surface area contributed by atoms with Crippen LogP contribution in [0.1, 0.15) is 21.7 Å². The Morgan fingerprint density at radius 2 is 2.00 bits per heavy atom. The third-order valence-corrected chi connectivity index (χ3v) is 5.05. The first kappa shape index (κ1) is 13.8. The lowest BCUT2D eigenvalue weighted by Gasteiger charge is -2.25. The van der Waals surface area contributed by atoms with Gasteiger partial charge in [0.2, 0.25) is 0 Å². The summed E-state index contributed by atoms with van der Waals surface area (Å²) in [4.78, 5) is 5.19. The van der Waals surface area contributed by atoms with Crippen molar-refractivity contribution < 1.29 is 5.11 Å². The molecule has 0 saturated carbocycles. The maximum atomic E-state index is 10.3. The van der Waals surface area contributed by atoms with E-state index in [-0.39, 0.29) is 12.1 Å². The van der Waals surface area contributed by atoms with Crippen LogP contribution in [-0.2, 0) is 13.0 Å². The second kappa shape index (κ2) is 6.08. The van der Waals surface area contributed by atoms with E-state index in [1.54, 1.807) is 0 Å². The second-order valence-electron chi connectivity index (χ2n) is 5.60. The summed E-state index contributed by atoms with van der Waals surface area (Å²) >= 11 is 1.86. The molecule has 2 aromatic rings. The van der Waals surface area contributed by atoms with Crippen LogP contribution in [0.5, 0.6) is 0 Å². The molecule has 2 nitrogen and oxygen atoms in total. The van der Waals surface area contributed by atoms with Crippen molar-refractivity contribution in [2.75, 3.05) is 6.54 Å². The number of nitrogens with zero attached hydrogens (tertiary/aromatic N) is 1. The van der Waals surface area contributed by atoms with Crippen molar-refractivity contribution in [1.29, 1.82) is 0 Å². The Balaban J connectivity index is 1.70. The topological polar surface area (TPSA) is 23.5 Å². The number of aliphatic hydroxyl groups excluding tert-OH is 1. The third kappa shape index (κ3) is 3.11. The molecule has 106 valence electrons. The monoisotopic (exact) mass is 287 g/mol. The Morgan fingerprint density at radius 1 is 1.20 bits per heavy atom. The highest BCUT2D eigenvalue weighted by Crippen LogP contribution is 2.26. The zero-order valence-electron chi connectivity index (χ0n) is 11.8. The first-order chi connectivity index (χ1) is 9.72. The first-order valence-electron chi connectivity index (χ1n) is 7.24. The predicted octanol–water partition coefficient (Wildman–Crippen LogP) is 3.23. The number of hydrogen-bond donors (Lipinski definition) is 1. The van der Waals surface area contributed by atoms with Gasteiger partial charge in [0.1, 0.15) is 0 Å². The average Bonchev–Trinajstić information content (AvgIpc) is 3.01. The van der Waals surface area contributed by atoms with Gasteiger partial charge in [-0.3, -0.25) is 4.90 Å². The van der Waals surface area contributed by atoms with Crippen LogP contribution in [0, 0.1) is 6.92 Å². The fourth-order valence-electron chi connectivity index (χ4n) is 2.99. The minimum absolute atomic E-state index is 0.198. The minimum atomic E-state index is -0.198. The normalized spacial score (nSPS) is 23.3. The van der Waals surface area contributed by atoms with Crippen LogP contribution >= 0.6 is 11.3 Å². The molecule has 0 radical (unpaired) electrons. The van der Waals surface area contributed by atoms with Gasteiger partial charge in [0.15, 0.2) is 0 Å². The van der Waals surface area contributed by atoms with Crippen molar-refractivity contribution in [3.05, 3.63) is 57.8 Å². The van der Waals surface area contributed by atoms with Crippen LogP contribution in [0.25, 0.3) is 0 Å². The number of hydrogen-bond acceptors (Lipinski definition) is 3. The smallest absolute Gasteiger partial charge is 0.0710 e. The summed E-state index contributed by atoms with van der Waals surface area (Å²) in [6.07, 6.45) is 1.63. The van der Waals surface area contributed by atoms with E-state index >= 15 is 0 Å². The number of thiophene rings is 1. The van der Waals surface area contributed by atoms with Crippen molar-refractivity contribution in [1.82, 2.24) is 4.90 Å². The van der Waals surface area contributed by atoms with Crippen LogP contribution in [0.15, 0.2) is 42.5 Å². The Hall–Kier alpha value is -1.16. The zero-order valence-corrected chi connectivity index (χ0v) is 12.6. The molecule has 0 aliphatic carbocycles. The summed E-state index contributed by atoms with van der Waals surface area (Å²) in [7, 11) is 0. The van der Waals surface area contributed by atoms with E-state index in [0.29, 0.717) is 0 Å². The lowest BCUT2D eigenvalue weighted by atomic mass is 10.0. The van der Waals surface area contributed by atoms with Crippen LogP contribution in [0.2, 0.25) is 0 Å². The molecule has 0 amide bonds. The fourth-order valence-corrected chi connectivity index (χ4v) is 3.90. The number of likely N-dealkylation sites (tertiary alicyclic amines) is 1. The quantitative estimate of drug-likeness (QED) is 0.933. The maximum Gasteiger partial charge on any atom is 0.0710 e. The summed E-state index contributed by atoms with van der Waals surface area (Å²) in [5.41, 5.74) is 1.31. The molecule has 1 aliphatic heterocycles. The lowest BCUT2D eigenvalue weighted by molar-refractivity contribution is 0.113. The van der Waals surface area contributed by atoms with Crippen molar-refractivity contribution in [2.24, 2.45) is 0 Å². The van der Waals surface area contributed by atoms with Gasteiger partial charge >= 0.3 is 0 Å². The highest BCUT2D eigenvalue weighted by Gasteiger charge is 2.32. The summed E-state index contributed by atoms with van der Waals surface area (Å²) in [6.45, 7) is 4.11. The summed E-state index contributed by atoms with van der Waals surface area (Å²) in [5, 5.41) is 10.3. The van der Waals surface area contributed by atoms with E-state index in [1.165, 1.54) is 15.3 Å². The van der Waals surface area contributed by atoms with E-state index in [0.717, 1.165) is 25.9 Å². The van der Waals surface area contributed by atoms with Crippen LogP contribution in [0.4, 0.5) is 0 Å². The molecule has 3 heteroatoms. The molecule has 1 aromatic heterocycles. The van der Waals surface area contributed by atoms with Gasteiger partial charge < -0.3 is 5.11 Å². The van der Waals surface area contributed by atoms with Gasteiger partial charge in [0.05, 0.1) is 6.10 Å². The molecule has 1 N–H and O–H groups in total. The van der Waals surface area contributed by atoms with Crippen LogP contribution in [0.3, 0.4) is 0 Å². The zero-order chi connectivity index (χ0) is 13.9. The number of rotatable bonds is 4. The van der Waals surface area contributed by atoms with Gasteiger partial charge in [-0.05, 0) is 37.5 Å². The van der Waals surface area contributed by atoms with Gasteiger partial charge in [-0.2, -0.15) is 0 Å². The number of aliphatic hydroxyl groups is 1. The standard InChI is InChI=1S/C17H21NOS/c1-13-7-8-15(20-13)12-18-10-9-17(19)16(18)11-14-5-3-2-4-6-14/h2-8,16-17,19H,9-12H2,1H3/t16-,17+/m0/s1. The maximum absolute atomic E-state index is 10.3. The van der Waals surface area contributed by atoms with Crippen LogP contribution < -0.4 is 0 Å². The van der Waals surface area contributed by atoms with Crippen molar-refractivity contribution >= 4 is 11.3 Å². The largest absolute Gasteiger partial charge is 0.391 e. The molecule has 2 atom stereocenters. The molecule has 1 aliphatic rings. The highest BCUT2D eigenvalue weighted by atomic mass is 32.1. The van der Waals surface area contributed by atoms with Crippen molar-refractivity contribution in [2.45, 2.75) is 38.5 Å². The van der Waals surface area contributed by atoms with E-state index in [1.807, 2.05) is 17.4 Å². The third-order valence-electron chi connectivity index (χ3n) is 4.07. The molecule has 3 rings (SSSR count). The molecule has 1 fully saturated rings. The Labute approximate surface area is 124 Å². The molecule has 0 spiro atoms. The Morgan fingerprint density at radius 3 is 2.70 bits per heavy atom. The summed E-state index contributed by atoms with van der Waals surface area (Å²) < 4.78 is 0. The second-order valence-corrected chi connectivity index (χ2v) is 6.97. The van der Waals surface area contributed by atoms with Crippen LogP contribution in [-0.4, -0.2) is 28.7 Å². The number of benzene rings is 1. The van der Waals surface area contributed by atoms with E-state index in [9.17, 15) is 5.11 Å². The average molecular weight is 287 g/mol. The Kier molecular flexibility index (Phi) is 4.20. The molecule has 1 saturated heterocycles. The van der Waals surface area contributed by atoms with Gasteiger partial charge in [0.25, 0.3) is 0 Å². The SMILES string of the molecule is Cc1ccc(CN2CC[C@@H](O)[C@@H]2Cc2ccccc2)s1. The van der Waals surface area contributed by atoms with Crippen molar-refractivity contribution in [3.63, 3.8) is 0 Å². The molecule has 0 bridgehead atoms. The Bertz CT molecular complexity index is 551. The fraction of sp³-hybridized carbons (Fsp3) is 0.412. The molecular formula is C17H21NOS. The van der Waals surface area contributed by atoms with Gasteiger partial charge in [0, 0.05) is 28.9 Å².